The molecule has 1 unspecified atom stereocenters. The van der Waals surface area contributed by atoms with Crippen molar-refractivity contribution in [1.29, 1.82) is 0 Å². The second-order valence-corrected chi connectivity index (χ2v) is 7.59. The third-order valence-electron chi connectivity index (χ3n) is 5.58. The summed E-state index contributed by atoms with van der Waals surface area (Å²) in [5, 5.41) is -0.0235. The Bertz CT molecular complexity index is 1420. The van der Waals surface area contributed by atoms with Crippen LogP contribution < -0.4 is 4.74 Å². The van der Waals surface area contributed by atoms with E-state index >= 15 is 0 Å². The fourth-order valence-electron chi connectivity index (χ4n) is 4.25. The molecule has 6 rings (SSSR count). The topological polar surface area (TPSA) is 60.3 Å². The van der Waals surface area contributed by atoms with Gasteiger partial charge in [-0.1, -0.05) is 17.7 Å². The van der Waals surface area contributed by atoms with Crippen LogP contribution in [0.25, 0.3) is 11.1 Å². The first-order valence-electron chi connectivity index (χ1n) is 9.37. The number of halogens is 3. The number of benzene rings is 1. The van der Waals surface area contributed by atoms with Crippen molar-refractivity contribution in [2.75, 3.05) is 0 Å². The van der Waals surface area contributed by atoms with Gasteiger partial charge in [-0.05, 0) is 42.0 Å². The zero-order valence-electron chi connectivity index (χ0n) is 15.7. The summed E-state index contributed by atoms with van der Waals surface area (Å²) in [6, 6.07) is 11.8. The maximum absolute atomic E-state index is 14.8. The van der Waals surface area contributed by atoms with E-state index in [1.807, 2.05) is 6.07 Å². The molecule has 0 saturated carbocycles. The average molecular weight is 433 g/mol. The first kappa shape index (κ1) is 18.1. The summed E-state index contributed by atoms with van der Waals surface area (Å²) in [6.07, 6.45) is 6.44. The maximum atomic E-state index is 14.8. The molecule has 4 aromatic rings. The Labute approximate surface area is 180 Å². The molecule has 1 aromatic carbocycles. The van der Waals surface area contributed by atoms with E-state index in [-0.39, 0.29) is 10.9 Å². The van der Waals surface area contributed by atoms with Crippen molar-refractivity contribution in [2.24, 2.45) is 4.99 Å². The molecule has 1 atom stereocenters. The first-order chi connectivity index (χ1) is 15.1. The minimum atomic E-state index is -1.16. The third-order valence-corrected chi connectivity index (χ3v) is 5.78. The summed E-state index contributed by atoms with van der Waals surface area (Å²) in [5.41, 5.74) is 2.36. The number of nitrogens with zero attached hydrogens (tertiary/aromatic N) is 4. The SMILES string of the molecule is Fc1ncccc1-c1ccc2c(c1)C1(N=Cc3ccncc31)c1cc(Cl)nc(F)c1O2. The number of pyridine rings is 3. The summed E-state index contributed by atoms with van der Waals surface area (Å²) >= 11 is 6.11. The molecule has 5 heterocycles. The molecule has 0 amide bonds. The lowest BCUT2D eigenvalue weighted by Crippen LogP contribution is -2.30. The molecule has 150 valence electrons. The highest BCUT2D eigenvalue weighted by atomic mass is 35.5. The van der Waals surface area contributed by atoms with E-state index in [0.717, 1.165) is 11.1 Å². The van der Waals surface area contributed by atoms with Crippen LogP contribution in [0, 0.1) is 11.9 Å². The molecule has 0 radical (unpaired) electrons. The number of hydrogen-bond donors (Lipinski definition) is 0. The lowest BCUT2D eigenvalue weighted by molar-refractivity contribution is 0.385. The Balaban J connectivity index is 1.70. The van der Waals surface area contributed by atoms with Crippen molar-refractivity contribution < 1.29 is 13.5 Å². The summed E-state index contributed by atoms with van der Waals surface area (Å²) < 4.78 is 35.1. The quantitative estimate of drug-likeness (QED) is 0.383. The van der Waals surface area contributed by atoms with E-state index in [0.29, 0.717) is 28.0 Å². The molecule has 8 heteroatoms. The average Bonchev–Trinajstić information content (AvgIpc) is 3.15. The van der Waals surface area contributed by atoms with E-state index in [9.17, 15) is 8.78 Å². The van der Waals surface area contributed by atoms with Crippen LogP contribution in [0.3, 0.4) is 0 Å². The summed E-state index contributed by atoms with van der Waals surface area (Å²) in [6.45, 7) is 0. The van der Waals surface area contributed by atoms with E-state index in [1.54, 1.807) is 55.0 Å². The van der Waals surface area contributed by atoms with Crippen molar-refractivity contribution in [3.8, 4) is 22.6 Å². The lowest BCUT2D eigenvalue weighted by atomic mass is 9.76. The van der Waals surface area contributed by atoms with Crippen LogP contribution in [-0.4, -0.2) is 21.2 Å². The summed E-state index contributed by atoms with van der Waals surface area (Å²) in [5.74, 6) is -1.09. The van der Waals surface area contributed by atoms with Crippen LogP contribution in [0.5, 0.6) is 11.5 Å². The van der Waals surface area contributed by atoms with Crippen molar-refractivity contribution in [3.05, 3.63) is 100 Å². The molecule has 0 fully saturated rings. The van der Waals surface area contributed by atoms with Crippen molar-refractivity contribution >= 4 is 17.8 Å². The molecule has 2 aliphatic heterocycles. The number of rotatable bonds is 1. The highest BCUT2D eigenvalue weighted by Crippen LogP contribution is 2.56. The number of ether oxygens (including phenoxy) is 1. The van der Waals surface area contributed by atoms with Crippen LogP contribution in [0.4, 0.5) is 8.78 Å². The largest absolute Gasteiger partial charge is 0.452 e. The number of aromatic nitrogens is 3. The third kappa shape index (κ3) is 2.47. The molecular weight excluding hydrogens is 422 g/mol. The Kier molecular flexibility index (Phi) is 3.73. The molecule has 31 heavy (non-hydrogen) atoms. The van der Waals surface area contributed by atoms with Crippen LogP contribution in [0.2, 0.25) is 5.15 Å². The van der Waals surface area contributed by atoms with Gasteiger partial charge in [0.25, 0.3) is 5.95 Å². The van der Waals surface area contributed by atoms with Crippen LogP contribution in [-0.2, 0) is 5.54 Å². The van der Waals surface area contributed by atoms with Gasteiger partial charge in [0.05, 0.1) is 0 Å². The van der Waals surface area contributed by atoms with Crippen molar-refractivity contribution in [1.82, 2.24) is 15.0 Å². The number of hydrogen-bond acceptors (Lipinski definition) is 5. The van der Waals surface area contributed by atoms with Crippen LogP contribution in [0.1, 0.15) is 22.3 Å². The fraction of sp³-hybridized carbons (Fsp3) is 0.0435. The zero-order valence-corrected chi connectivity index (χ0v) is 16.4. The van der Waals surface area contributed by atoms with Crippen LogP contribution >= 0.6 is 11.6 Å². The maximum Gasteiger partial charge on any atom is 0.257 e. The molecule has 3 aromatic heterocycles. The normalized spacial score (nSPS) is 17.8. The first-order valence-corrected chi connectivity index (χ1v) is 9.75. The zero-order chi connectivity index (χ0) is 21.2. The Morgan fingerprint density at radius 1 is 0.935 bits per heavy atom. The second-order valence-electron chi connectivity index (χ2n) is 7.20. The van der Waals surface area contributed by atoms with Gasteiger partial charge in [0.2, 0.25) is 5.95 Å². The van der Waals surface area contributed by atoms with Crippen molar-refractivity contribution in [2.45, 2.75) is 5.54 Å². The summed E-state index contributed by atoms with van der Waals surface area (Å²) in [4.78, 5) is 16.5. The predicted molar refractivity (Wildman–Crippen MR) is 111 cm³/mol. The Morgan fingerprint density at radius 2 is 1.84 bits per heavy atom. The second kappa shape index (κ2) is 6.39. The van der Waals surface area contributed by atoms with Gasteiger partial charge in [0, 0.05) is 52.6 Å². The molecular formula is C23H11ClF2N4O. The molecule has 2 aliphatic rings. The standard InChI is InChI=1S/C23H11ClF2N4O/c24-19-9-16-20(22(26)30-19)31-18-4-3-12(14-2-1-6-28-21(14)25)8-15(18)23(16)17-11-27-7-5-13(17)10-29-23/h1-11H. The van der Waals surface area contributed by atoms with E-state index in [4.69, 9.17) is 21.3 Å². The van der Waals surface area contributed by atoms with Gasteiger partial charge in [0.15, 0.2) is 5.75 Å². The van der Waals surface area contributed by atoms with Gasteiger partial charge in [-0.2, -0.15) is 8.78 Å². The highest BCUT2D eigenvalue weighted by Gasteiger charge is 2.48. The minimum absolute atomic E-state index is 0.0235. The molecule has 0 N–H and O–H groups in total. The predicted octanol–water partition coefficient (Wildman–Crippen LogP) is 5.30. The monoisotopic (exact) mass is 432 g/mol. The molecule has 5 nitrogen and oxygen atoms in total. The van der Waals surface area contributed by atoms with Gasteiger partial charge in [-0.15, -0.1) is 0 Å². The van der Waals surface area contributed by atoms with Gasteiger partial charge in [0.1, 0.15) is 16.4 Å². The van der Waals surface area contributed by atoms with Gasteiger partial charge >= 0.3 is 0 Å². The van der Waals surface area contributed by atoms with E-state index in [1.165, 1.54) is 6.20 Å². The van der Waals surface area contributed by atoms with Gasteiger partial charge in [-0.25, -0.2) is 9.97 Å². The van der Waals surface area contributed by atoms with E-state index < -0.39 is 17.4 Å². The molecule has 0 bridgehead atoms. The summed E-state index contributed by atoms with van der Waals surface area (Å²) in [7, 11) is 0. The molecule has 1 spiro atoms. The lowest BCUT2D eigenvalue weighted by Gasteiger charge is -2.36. The molecule has 0 saturated heterocycles. The Hall–Kier alpha value is -3.71. The fourth-order valence-corrected chi connectivity index (χ4v) is 4.43. The smallest absolute Gasteiger partial charge is 0.257 e. The number of aliphatic imine (C=N–C) groups is 1. The van der Waals surface area contributed by atoms with Gasteiger partial charge in [-0.3, -0.25) is 9.98 Å². The minimum Gasteiger partial charge on any atom is -0.452 e. The van der Waals surface area contributed by atoms with E-state index in [2.05, 4.69) is 15.0 Å². The van der Waals surface area contributed by atoms with Crippen molar-refractivity contribution in [3.63, 3.8) is 0 Å². The van der Waals surface area contributed by atoms with Gasteiger partial charge < -0.3 is 4.74 Å². The number of fused-ring (bicyclic) bond motifs is 6. The highest BCUT2D eigenvalue weighted by molar-refractivity contribution is 6.29. The van der Waals surface area contributed by atoms with Crippen LogP contribution in [0.15, 0.2) is 66.0 Å². The molecule has 0 aliphatic carbocycles. The Morgan fingerprint density at radius 3 is 2.71 bits per heavy atom.